The number of hydrogen-bond acceptors (Lipinski definition) is 5. The molecule has 4 N–H and O–H groups in total. The Hall–Kier alpha value is -2.18. The van der Waals surface area contributed by atoms with Crippen molar-refractivity contribution in [3.05, 3.63) is 18.1 Å². The number of carboxylic acid groups (broad SMARTS) is 1. The smallest absolute Gasteiger partial charge is 0.305 e. The number of primary amides is 1. The number of amides is 1. The summed E-state index contributed by atoms with van der Waals surface area (Å²) in [6.45, 7) is 1.95. The van der Waals surface area contributed by atoms with Gasteiger partial charge in [-0.15, -0.1) is 0 Å². The first-order chi connectivity index (χ1) is 8.54. The van der Waals surface area contributed by atoms with Crippen molar-refractivity contribution < 1.29 is 14.7 Å². The molecule has 0 aliphatic heterocycles. The summed E-state index contributed by atoms with van der Waals surface area (Å²) in [6, 6.07) is -0.303. The Morgan fingerprint density at radius 2 is 2.11 bits per heavy atom. The van der Waals surface area contributed by atoms with Gasteiger partial charge < -0.3 is 16.2 Å². The van der Waals surface area contributed by atoms with Crippen LogP contribution in [0.4, 0.5) is 5.82 Å². The van der Waals surface area contributed by atoms with Gasteiger partial charge >= 0.3 is 5.97 Å². The van der Waals surface area contributed by atoms with Gasteiger partial charge in [0.25, 0.3) is 5.91 Å². The van der Waals surface area contributed by atoms with Gasteiger partial charge in [0.2, 0.25) is 0 Å². The van der Waals surface area contributed by atoms with Crippen molar-refractivity contribution in [1.29, 1.82) is 0 Å². The molecule has 1 heterocycles. The Bertz CT molecular complexity index is 436. The summed E-state index contributed by atoms with van der Waals surface area (Å²) >= 11 is 0. The number of anilines is 1. The topological polar surface area (TPSA) is 118 Å². The van der Waals surface area contributed by atoms with Gasteiger partial charge in [0.05, 0.1) is 6.42 Å². The fourth-order valence-electron chi connectivity index (χ4n) is 1.60. The highest BCUT2D eigenvalue weighted by atomic mass is 16.4. The van der Waals surface area contributed by atoms with Gasteiger partial charge in [0.15, 0.2) is 11.5 Å². The van der Waals surface area contributed by atoms with E-state index >= 15 is 0 Å². The third-order valence-electron chi connectivity index (χ3n) is 2.33. The van der Waals surface area contributed by atoms with Crippen molar-refractivity contribution in [2.75, 3.05) is 5.32 Å². The number of rotatable bonds is 7. The van der Waals surface area contributed by atoms with E-state index in [4.69, 9.17) is 10.8 Å². The fourth-order valence-corrected chi connectivity index (χ4v) is 1.60. The van der Waals surface area contributed by atoms with Gasteiger partial charge in [-0.3, -0.25) is 9.59 Å². The van der Waals surface area contributed by atoms with Gasteiger partial charge in [-0.25, -0.2) is 9.97 Å². The highest BCUT2D eigenvalue weighted by Crippen LogP contribution is 2.13. The average molecular weight is 252 g/mol. The summed E-state index contributed by atoms with van der Waals surface area (Å²) in [5, 5.41) is 11.7. The molecule has 18 heavy (non-hydrogen) atoms. The van der Waals surface area contributed by atoms with Crippen LogP contribution in [-0.2, 0) is 4.79 Å². The first kappa shape index (κ1) is 13.9. The Kier molecular flexibility index (Phi) is 5.04. The third-order valence-corrected chi connectivity index (χ3v) is 2.33. The number of nitrogens with zero attached hydrogens (tertiary/aromatic N) is 2. The van der Waals surface area contributed by atoms with Crippen LogP contribution in [0.3, 0.4) is 0 Å². The molecule has 1 amide bonds. The summed E-state index contributed by atoms with van der Waals surface area (Å²) < 4.78 is 0. The van der Waals surface area contributed by atoms with E-state index in [1.807, 2.05) is 6.92 Å². The van der Waals surface area contributed by atoms with Crippen molar-refractivity contribution >= 4 is 17.7 Å². The molecule has 1 aromatic heterocycles. The molecule has 0 radical (unpaired) electrons. The van der Waals surface area contributed by atoms with E-state index in [9.17, 15) is 9.59 Å². The zero-order valence-electron chi connectivity index (χ0n) is 10.1. The first-order valence-electron chi connectivity index (χ1n) is 5.63. The van der Waals surface area contributed by atoms with Gasteiger partial charge in [0.1, 0.15) is 0 Å². The van der Waals surface area contributed by atoms with Crippen LogP contribution in [-0.4, -0.2) is 33.0 Å². The molecule has 0 spiro atoms. The van der Waals surface area contributed by atoms with E-state index in [1.54, 1.807) is 0 Å². The van der Waals surface area contributed by atoms with Gasteiger partial charge in [-0.1, -0.05) is 13.3 Å². The molecule has 7 nitrogen and oxygen atoms in total. The van der Waals surface area contributed by atoms with E-state index in [2.05, 4.69) is 15.3 Å². The van der Waals surface area contributed by atoms with E-state index < -0.39 is 11.9 Å². The van der Waals surface area contributed by atoms with Gasteiger partial charge in [-0.05, 0) is 6.42 Å². The Morgan fingerprint density at radius 1 is 1.44 bits per heavy atom. The molecule has 1 unspecified atom stereocenters. The number of nitrogens with one attached hydrogen (secondary N) is 1. The summed E-state index contributed by atoms with van der Waals surface area (Å²) in [4.78, 5) is 29.7. The van der Waals surface area contributed by atoms with Crippen LogP contribution in [0.15, 0.2) is 12.4 Å². The molecule has 1 atom stereocenters. The second-order valence-corrected chi connectivity index (χ2v) is 3.85. The highest BCUT2D eigenvalue weighted by Gasteiger charge is 2.17. The van der Waals surface area contributed by atoms with Crippen LogP contribution in [0.2, 0.25) is 0 Å². The van der Waals surface area contributed by atoms with Crippen LogP contribution in [0.25, 0.3) is 0 Å². The van der Waals surface area contributed by atoms with E-state index in [1.165, 1.54) is 12.4 Å². The Balaban J connectivity index is 2.85. The zero-order chi connectivity index (χ0) is 13.5. The maximum Gasteiger partial charge on any atom is 0.305 e. The fraction of sp³-hybridized carbons (Fsp3) is 0.455. The SMILES string of the molecule is CCCC(CC(=O)O)Nc1nccnc1C(N)=O. The molecule has 98 valence electrons. The summed E-state index contributed by atoms with van der Waals surface area (Å²) in [7, 11) is 0. The molecule has 0 saturated carbocycles. The van der Waals surface area contributed by atoms with Crippen molar-refractivity contribution in [3.8, 4) is 0 Å². The van der Waals surface area contributed by atoms with E-state index in [0.717, 1.165) is 6.42 Å². The number of carbonyl (C=O) groups excluding carboxylic acids is 1. The lowest BCUT2D eigenvalue weighted by atomic mass is 10.1. The van der Waals surface area contributed by atoms with Crippen LogP contribution >= 0.6 is 0 Å². The maximum absolute atomic E-state index is 11.1. The molecule has 7 heteroatoms. The molecule has 0 aliphatic carbocycles. The molecule has 0 fully saturated rings. The zero-order valence-corrected chi connectivity index (χ0v) is 10.1. The van der Waals surface area contributed by atoms with E-state index in [0.29, 0.717) is 6.42 Å². The lowest BCUT2D eigenvalue weighted by Crippen LogP contribution is -2.26. The summed E-state index contributed by atoms with van der Waals surface area (Å²) in [5.74, 6) is -1.38. The van der Waals surface area contributed by atoms with Crippen molar-refractivity contribution in [1.82, 2.24) is 9.97 Å². The molecule has 0 aliphatic rings. The predicted octanol–water partition coefficient (Wildman–Crippen LogP) is 0.631. The van der Waals surface area contributed by atoms with E-state index in [-0.39, 0.29) is 24.0 Å². The number of carbonyl (C=O) groups is 2. The lowest BCUT2D eigenvalue weighted by molar-refractivity contribution is -0.137. The maximum atomic E-state index is 11.1. The second-order valence-electron chi connectivity index (χ2n) is 3.85. The minimum atomic E-state index is -0.912. The van der Waals surface area contributed by atoms with Crippen LogP contribution in [0, 0.1) is 0 Å². The molecule has 1 aromatic rings. The number of aromatic nitrogens is 2. The van der Waals surface area contributed by atoms with Gasteiger partial charge in [0, 0.05) is 18.4 Å². The summed E-state index contributed by atoms with van der Waals surface area (Å²) in [5.41, 5.74) is 5.19. The Labute approximate surface area is 104 Å². The normalized spacial score (nSPS) is 11.8. The van der Waals surface area contributed by atoms with Crippen molar-refractivity contribution in [3.63, 3.8) is 0 Å². The number of hydrogen-bond donors (Lipinski definition) is 3. The highest BCUT2D eigenvalue weighted by molar-refractivity contribution is 5.95. The third kappa shape index (κ3) is 4.00. The molecule has 0 aromatic carbocycles. The number of aliphatic carboxylic acids is 1. The second kappa shape index (κ2) is 6.53. The van der Waals surface area contributed by atoms with Gasteiger partial charge in [-0.2, -0.15) is 0 Å². The molecule has 1 rings (SSSR count). The number of nitrogens with two attached hydrogens (primary N) is 1. The molecule has 0 bridgehead atoms. The molecular weight excluding hydrogens is 236 g/mol. The Morgan fingerprint density at radius 3 is 2.67 bits per heavy atom. The molecule has 0 saturated heterocycles. The number of carboxylic acids is 1. The van der Waals surface area contributed by atoms with Crippen LogP contribution < -0.4 is 11.1 Å². The van der Waals surface area contributed by atoms with Crippen molar-refractivity contribution in [2.45, 2.75) is 32.2 Å². The van der Waals surface area contributed by atoms with Crippen molar-refractivity contribution in [2.24, 2.45) is 5.73 Å². The minimum Gasteiger partial charge on any atom is -0.481 e. The average Bonchev–Trinajstić information content (AvgIpc) is 2.28. The van der Waals surface area contributed by atoms with Crippen LogP contribution in [0.5, 0.6) is 0 Å². The monoisotopic (exact) mass is 252 g/mol. The standard InChI is InChI=1S/C11H16N4O3/c1-2-3-7(6-8(16)17)15-11-9(10(12)18)13-4-5-14-11/h4-5,7H,2-3,6H2,1H3,(H2,12,18)(H,14,15)(H,16,17). The summed E-state index contributed by atoms with van der Waals surface area (Å²) in [6.07, 6.45) is 4.19. The largest absolute Gasteiger partial charge is 0.481 e. The molecular formula is C11H16N4O3. The first-order valence-corrected chi connectivity index (χ1v) is 5.63. The minimum absolute atomic E-state index is 0.0176. The predicted molar refractivity (Wildman–Crippen MR) is 65.1 cm³/mol. The quantitative estimate of drug-likeness (QED) is 0.655. The van der Waals surface area contributed by atoms with Crippen LogP contribution in [0.1, 0.15) is 36.7 Å². The lowest BCUT2D eigenvalue weighted by Gasteiger charge is -2.17.